The van der Waals surface area contributed by atoms with Crippen molar-refractivity contribution < 1.29 is 9.90 Å². The molecule has 2 rings (SSSR count). The molecule has 1 N–H and O–H groups in total. The molecule has 1 saturated carbocycles. The topological polar surface area (TPSA) is 37.3 Å². The average Bonchev–Trinajstić information content (AvgIpc) is 2.93. The third kappa shape index (κ3) is 2.01. The van der Waals surface area contributed by atoms with E-state index in [1.54, 1.807) is 0 Å². The van der Waals surface area contributed by atoms with Gasteiger partial charge >= 0.3 is 5.97 Å². The number of carboxylic acids is 1. The number of hydrogen-bond acceptors (Lipinski definition) is 1. The highest BCUT2D eigenvalue weighted by Crippen LogP contribution is 2.51. The molecule has 0 heterocycles. The highest BCUT2D eigenvalue weighted by atomic mass is 79.9. The van der Waals surface area contributed by atoms with E-state index in [1.807, 2.05) is 0 Å². The Morgan fingerprint density at radius 1 is 1.38 bits per heavy atom. The molecular formula is C13H15BrO2. The third-order valence-corrected chi connectivity index (χ3v) is 4.64. The van der Waals surface area contributed by atoms with Gasteiger partial charge < -0.3 is 5.11 Å². The van der Waals surface area contributed by atoms with Crippen LogP contribution in [-0.4, -0.2) is 11.1 Å². The third-order valence-electron chi connectivity index (χ3n) is 3.39. The van der Waals surface area contributed by atoms with Crippen LogP contribution in [0.4, 0.5) is 0 Å². The van der Waals surface area contributed by atoms with Crippen molar-refractivity contribution in [3.05, 3.63) is 33.3 Å². The first-order valence-electron chi connectivity index (χ1n) is 5.44. The number of carbonyl (C=O) groups is 1. The van der Waals surface area contributed by atoms with Crippen molar-refractivity contribution in [1.29, 1.82) is 0 Å². The second kappa shape index (κ2) is 3.88. The largest absolute Gasteiger partial charge is 0.481 e. The van der Waals surface area contributed by atoms with Crippen molar-refractivity contribution in [3.63, 3.8) is 0 Å². The molecule has 1 aromatic rings. The zero-order chi connectivity index (χ0) is 11.9. The molecule has 0 unspecified atom stereocenters. The molecule has 16 heavy (non-hydrogen) atoms. The standard InChI is InChI=1S/C13H15BrO2/c1-8-5-10(6-9(2)12(8)14)13(3-4-13)7-11(15)16/h5-6H,3-4,7H2,1-2H3,(H,15,16). The zero-order valence-corrected chi connectivity index (χ0v) is 11.1. The summed E-state index contributed by atoms with van der Waals surface area (Å²) >= 11 is 3.53. The van der Waals surface area contributed by atoms with Crippen LogP contribution in [0.5, 0.6) is 0 Å². The van der Waals surface area contributed by atoms with E-state index in [9.17, 15) is 4.79 Å². The maximum absolute atomic E-state index is 10.9. The lowest BCUT2D eigenvalue weighted by molar-refractivity contribution is -0.137. The van der Waals surface area contributed by atoms with Gasteiger partial charge in [0.15, 0.2) is 0 Å². The summed E-state index contributed by atoms with van der Waals surface area (Å²) in [5, 5.41) is 8.93. The summed E-state index contributed by atoms with van der Waals surface area (Å²) in [6.07, 6.45) is 2.26. The molecular weight excluding hydrogens is 268 g/mol. The molecule has 0 bridgehead atoms. The Kier molecular flexibility index (Phi) is 2.82. The van der Waals surface area contributed by atoms with Crippen LogP contribution in [0.3, 0.4) is 0 Å². The molecule has 86 valence electrons. The van der Waals surface area contributed by atoms with Crippen LogP contribution in [0.25, 0.3) is 0 Å². The molecule has 1 aromatic carbocycles. The fraction of sp³-hybridized carbons (Fsp3) is 0.462. The summed E-state index contributed by atoms with van der Waals surface area (Å²) in [6, 6.07) is 4.24. The molecule has 0 radical (unpaired) electrons. The summed E-state index contributed by atoms with van der Waals surface area (Å²) in [4.78, 5) is 10.9. The number of hydrogen-bond donors (Lipinski definition) is 1. The first-order valence-corrected chi connectivity index (χ1v) is 6.23. The summed E-state index contributed by atoms with van der Waals surface area (Å²) < 4.78 is 1.13. The molecule has 0 spiro atoms. The smallest absolute Gasteiger partial charge is 0.304 e. The molecule has 0 atom stereocenters. The van der Waals surface area contributed by atoms with Crippen molar-refractivity contribution in [2.45, 2.75) is 38.5 Å². The van der Waals surface area contributed by atoms with Gasteiger partial charge in [0.1, 0.15) is 0 Å². The van der Waals surface area contributed by atoms with Gasteiger partial charge in [0.05, 0.1) is 6.42 Å². The number of benzene rings is 1. The van der Waals surface area contributed by atoms with Crippen LogP contribution >= 0.6 is 15.9 Å². The fourth-order valence-electron chi connectivity index (χ4n) is 2.26. The van der Waals surface area contributed by atoms with Gasteiger partial charge in [0, 0.05) is 9.89 Å². The summed E-state index contributed by atoms with van der Waals surface area (Å²) in [7, 11) is 0. The first-order chi connectivity index (χ1) is 7.44. The Balaban J connectivity index is 2.38. The van der Waals surface area contributed by atoms with Gasteiger partial charge in [-0.05, 0) is 43.4 Å². The molecule has 1 aliphatic rings. The Bertz CT molecular complexity index is 424. The second-order valence-corrected chi connectivity index (χ2v) is 5.57. The van der Waals surface area contributed by atoms with E-state index in [-0.39, 0.29) is 11.8 Å². The van der Waals surface area contributed by atoms with E-state index < -0.39 is 5.97 Å². The van der Waals surface area contributed by atoms with Gasteiger partial charge in [-0.2, -0.15) is 0 Å². The average molecular weight is 283 g/mol. The predicted molar refractivity (Wildman–Crippen MR) is 66.8 cm³/mol. The van der Waals surface area contributed by atoms with Gasteiger partial charge in [0.25, 0.3) is 0 Å². The molecule has 3 heteroatoms. The maximum atomic E-state index is 10.9. The van der Waals surface area contributed by atoms with Crippen molar-refractivity contribution in [2.24, 2.45) is 0 Å². The SMILES string of the molecule is Cc1cc(C2(CC(=O)O)CC2)cc(C)c1Br. The van der Waals surface area contributed by atoms with Crippen molar-refractivity contribution in [3.8, 4) is 0 Å². The predicted octanol–water partition coefficient (Wildman–Crippen LogP) is 3.57. The summed E-state index contributed by atoms with van der Waals surface area (Å²) in [5.41, 5.74) is 3.48. The van der Waals surface area contributed by atoms with Gasteiger partial charge in [-0.15, -0.1) is 0 Å². The van der Waals surface area contributed by atoms with Gasteiger partial charge in [-0.1, -0.05) is 28.1 Å². The molecule has 2 nitrogen and oxygen atoms in total. The van der Waals surface area contributed by atoms with Crippen molar-refractivity contribution in [1.82, 2.24) is 0 Å². The van der Waals surface area contributed by atoms with Crippen LogP contribution in [0.1, 0.15) is 36.0 Å². The fourth-order valence-corrected chi connectivity index (χ4v) is 2.49. The molecule has 0 amide bonds. The van der Waals surface area contributed by atoms with E-state index in [0.29, 0.717) is 0 Å². The first kappa shape index (κ1) is 11.6. The lowest BCUT2D eigenvalue weighted by Gasteiger charge is -2.16. The Morgan fingerprint density at radius 2 is 1.88 bits per heavy atom. The minimum atomic E-state index is -0.698. The number of aryl methyl sites for hydroxylation is 2. The monoisotopic (exact) mass is 282 g/mol. The Labute approximate surface area is 104 Å². The Morgan fingerprint density at radius 3 is 2.25 bits per heavy atom. The molecule has 1 fully saturated rings. The second-order valence-electron chi connectivity index (χ2n) is 4.77. The molecule has 0 saturated heterocycles. The van der Waals surface area contributed by atoms with Gasteiger partial charge in [-0.25, -0.2) is 0 Å². The van der Waals surface area contributed by atoms with Crippen LogP contribution < -0.4 is 0 Å². The van der Waals surface area contributed by atoms with Crippen molar-refractivity contribution >= 4 is 21.9 Å². The van der Waals surface area contributed by atoms with Gasteiger partial charge in [0.2, 0.25) is 0 Å². The van der Waals surface area contributed by atoms with Crippen LogP contribution in [0.2, 0.25) is 0 Å². The van der Waals surface area contributed by atoms with E-state index in [2.05, 4.69) is 41.9 Å². The van der Waals surface area contributed by atoms with Gasteiger partial charge in [-0.3, -0.25) is 4.79 Å². The number of carboxylic acid groups (broad SMARTS) is 1. The molecule has 0 aromatic heterocycles. The normalized spacial score (nSPS) is 17.2. The summed E-state index contributed by atoms with van der Waals surface area (Å²) in [6.45, 7) is 4.11. The quantitative estimate of drug-likeness (QED) is 0.920. The lowest BCUT2D eigenvalue weighted by Crippen LogP contribution is -2.13. The maximum Gasteiger partial charge on any atom is 0.304 e. The Hall–Kier alpha value is -0.830. The van der Waals surface area contributed by atoms with Crippen molar-refractivity contribution in [2.75, 3.05) is 0 Å². The number of halogens is 1. The summed E-state index contributed by atoms with van der Waals surface area (Å²) in [5.74, 6) is -0.698. The zero-order valence-electron chi connectivity index (χ0n) is 9.51. The highest BCUT2D eigenvalue weighted by Gasteiger charge is 2.46. The number of rotatable bonds is 3. The van der Waals surface area contributed by atoms with Crippen LogP contribution in [-0.2, 0) is 10.2 Å². The van der Waals surface area contributed by atoms with E-state index in [4.69, 9.17) is 5.11 Å². The van der Waals surface area contributed by atoms with Crippen LogP contribution in [0.15, 0.2) is 16.6 Å². The number of aliphatic carboxylic acids is 1. The molecule has 1 aliphatic carbocycles. The van der Waals surface area contributed by atoms with Crippen LogP contribution in [0, 0.1) is 13.8 Å². The minimum Gasteiger partial charge on any atom is -0.481 e. The van der Waals surface area contributed by atoms with E-state index in [0.717, 1.165) is 17.3 Å². The van der Waals surface area contributed by atoms with E-state index in [1.165, 1.54) is 16.7 Å². The van der Waals surface area contributed by atoms with E-state index >= 15 is 0 Å². The highest BCUT2D eigenvalue weighted by molar-refractivity contribution is 9.10. The molecule has 0 aliphatic heterocycles. The minimum absolute atomic E-state index is 0.0813. The lowest BCUT2D eigenvalue weighted by atomic mass is 9.90.